The van der Waals surface area contributed by atoms with Gasteiger partial charge >= 0.3 is 12.2 Å². The highest BCUT2D eigenvalue weighted by molar-refractivity contribution is 6.14. The normalized spacial score (nSPS) is 10.6. The van der Waals surface area contributed by atoms with Crippen LogP contribution in [0.3, 0.4) is 0 Å². The summed E-state index contributed by atoms with van der Waals surface area (Å²) < 4.78 is 9.10. The lowest BCUT2D eigenvalue weighted by Crippen LogP contribution is -2.26. The summed E-state index contributed by atoms with van der Waals surface area (Å²) in [5, 5.41) is 5.84. The fourth-order valence-corrected chi connectivity index (χ4v) is 0.410. The van der Waals surface area contributed by atoms with E-state index in [1.807, 2.05) is 0 Å². The third kappa shape index (κ3) is 4.87. The number of carbonyl (C=O) groups excluding carboxylic acids is 2. The minimum Gasteiger partial charge on any atom is -0.357 e. The summed E-state index contributed by atoms with van der Waals surface area (Å²) >= 11 is 9.52. The molecule has 0 unspecified atom stereocenters. The van der Waals surface area contributed by atoms with Crippen molar-refractivity contribution in [3.8, 4) is 0 Å². The summed E-state index contributed by atoms with van der Waals surface area (Å²) in [5.41, 5.74) is 4.50. The van der Waals surface area contributed by atoms with Gasteiger partial charge in [0.2, 0.25) is 0 Å². The molecule has 13 heavy (non-hydrogen) atoms. The maximum absolute atomic E-state index is 10.7. The van der Waals surface area contributed by atoms with E-state index in [1.54, 1.807) is 0 Å². The molecule has 0 atom stereocenters. The smallest absolute Gasteiger partial charge is 0.357 e. The van der Waals surface area contributed by atoms with Crippen molar-refractivity contribution in [3.05, 3.63) is 0 Å². The zero-order valence-corrected chi connectivity index (χ0v) is 7.31. The largest absolute Gasteiger partial charge is 0.464 e. The van der Waals surface area contributed by atoms with Gasteiger partial charge < -0.3 is 10.5 Å². The summed E-state index contributed by atoms with van der Waals surface area (Å²) in [6, 6.07) is 0. The van der Waals surface area contributed by atoms with Gasteiger partial charge in [-0.2, -0.15) is 0 Å². The molecule has 2 amide bonds. The van der Waals surface area contributed by atoms with Gasteiger partial charge in [0.15, 0.2) is 0 Å². The zero-order valence-electron chi connectivity index (χ0n) is 5.79. The predicted octanol–water partition coefficient (Wildman–Crippen LogP) is 1.55. The molecular weight excluding hydrogens is 227 g/mol. The maximum Gasteiger partial charge on any atom is 0.464 e. The van der Waals surface area contributed by atoms with Gasteiger partial charge in [0, 0.05) is 0 Å². The molecule has 0 radical (unpaired) electrons. The molecule has 0 aliphatic heterocycles. The Morgan fingerprint density at radius 3 is 2.00 bits per heavy atom. The first-order valence-corrected chi connectivity index (χ1v) is 3.14. The first-order chi connectivity index (χ1) is 6.11. The number of primary amides is 1. The minimum atomic E-state index is -1.35. The number of hydrogen-bond donors (Lipinski definition) is 1. The molecule has 0 spiro atoms. The molecule has 0 aliphatic rings. The van der Waals surface area contributed by atoms with Crippen molar-refractivity contribution >= 4 is 35.7 Å². The second-order valence-electron chi connectivity index (χ2n) is 1.31. The third-order valence-electron chi connectivity index (χ3n) is 0.588. The van der Waals surface area contributed by atoms with Gasteiger partial charge in [-0.3, -0.25) is 0 Å². The van der Waals surface area contributed by atoms with Crippen molar-refractivity contribution in [1.29, 1.82) is 0 Å². The predicted molar refractivity (Wildman–Crippen MR) is 39.3 cm³/mol. The van der Waals surface area contributed by atoms with Crippen LogP contribution in [0, 0.1) is 0 Å². The van der Waals surface area contributed by atoms with Crippen LogP contribution in [0.2, 0.25) is 0 Å². The Kier molecular flexibility index (Phi) is 5.39. The zero-order chi connectivity index (χ0) is 10.3. The first kappa shape index (κ1) is 11.5. The Labute approximate surface area is 81.3 Å². The van der Waals surface area contributed by atoms with Crippen molar-refractivity contribution in [2.75, 3.05) is 0 Å². The van der Waals surface area contributed by atoms with E-state index in [0.29, 0.717) is 0 Å². The molecule has 11 heteroatoms. The Hall–Kier alpha value is -1.48. The molecule has 0 bridgehead atoms. The van der Waals surface area contributed by atoms with Crippen molar-refractivity contribution in [1.82, 2.24) is 5.12 Å². The highest BCUT2D eigenvalue weighted by Crippen LogP contribution is 2.00. The van der Waals surface area contributed by atoms with Crippen LogP contribution >= 0.6 is 23.6 Å². The van der Waals surface area contributed by atoms with Gasteiger partial charge in [0.05, 0.1) is 23.6 Å². The molecular formula is C2H2Cl2N6O3. The molecule has 0 fully saturated rings. The fraction of sp³-hybridized carbons (Fsp3) is 0. The average Bonchev–Trinajstić information content (AvgIpc) is 2.02. The Balaban J connectivity index is 4.36. The van der Waals surface area contributed by atoms with E-state index in [2.05, 4.69) is 30.2 Å². The Morgan fingerprint density at radius 1 is 1.23 bits per heavy atom. The molecule has 2 N–H and O–H groups in total. The van der Waals surface area contributed by atoms with Crippen LogP contribution in [-0.2, 0) is 4.74 Å². The number of ether oxygens (including phenoxy) is 1. The highest BCUT2D eigenvalue weighted by Gasteiger charge is 2.17. The second kappa shape index (κ2) is 6.08. The Morgan fingerprint density at radius 2 is 1.69 bits per heavy atom. The average molecular weight is 229 g/mol. The van der Waals surface area contributed by atoms with Gasteiger partial charge in [-0.25, -0.2) is 9.59 Å². The molecule has 9 nitrogen and oxygen atoms in total. The number of hydrogen-bond acceptors (Lipinski definition) is 7. The molecule has 0 saturated heterocycles. The maximum atomic E-state index is 10.7. The van der Waals surface area contributed by atoms with Crippen LogP contribution < -0.4 is 5.73 Å². The summed E-state index contributed by atoms with van der Waals surface area (Å²) in [4.78, 5) is 20.8. The number of carbonyl (C=O) groups is 2. The van der Waals surface area contributed by atoms with E-state index in [9.17, 15) is 9.59 Å². The Bertz CT molecular complexity index is 240. The summed E-state index contributed by atoms with van der Waals surface area (Å²) in [7, 11) is 0. The molecule has 0 rings (SSSR count). The monoisotopic (exact) mass is 228 g/mol. The summed E-state index contributed by atoms with van der Waals surface area (Å²) in [6.07, 6.45) is -2.69. The molecule has 0 heterocycles. The molecule has 0 aromatic carbocycles. The third-order valence-corrected chi connectivity index (χ3v) is 0.723. The van der Waals surface area contributed by atoms with Crippen LogP contribution in [0.15, 0.2) is 19.7 Å². The summed E-state index contributed by atoms with van der Waals surface area (Å²) in [5.74, 6) is 0. The lowest BCUT2D eigenvalue weighted by molar-refractivity contribution is 0.120. The number of nitrogens with two attached hydrogens (primary N) is 1. The molecule has 0 aromatic heterocycles. The minimum absolute atomic E-state index is 0.116. The van der Waals surface area contributed by atoms with Crippen LogP contribution in [0.4, 0.5) is 9.59 Å². The topological polar surface area (TPSA) is 122 Å². The van der Waals surface area contributed by atoms with Crippen LogP contribution in [-0.4, -0.2) is 17.3 Å². The van der Waals surface area contributed by atoms with Crippen LogP contribution in [0.25, 0.3) is 0 Å². The van der Waals surface area contributed by atoms with Gasteiger partial charge in [-0.15, -0.1) is 0 Å². The van der Waals surface area contributed by atoms with Gasteiger partial charge in [-0.05, 0) is 15.6 Å². The van der Waals surface area contributed by atoms with Crippen molar-refractivity contribution in [2.45, 2.75) is 0 Å². The van der Waals surface area contributed by atoms with Gasteiger partial charge in [0.1, 0.15) is 0 Å². The standard InChI is InChI=1S/C2H2Cl2N6O3/c3-6-8-10(9-7-4)2(12)13-1(5)11/h(H2,5,11). The van der Waals surface area contributed by atoms with E-state index in [-0.39, 0.29) is 5.12 Å². The first-order valence-electron chi connectivity index (χ1n) is 2.47. The molecule has 0 aliphatic carbocycles. The number of halogens is 2. The van der Waals surface area contributed by atoms with Gasteiger partial charge in [0.25, 0.3) is 0 Å². The van der Waals surface area contributed by atoms with Crippen molar-refractivity contribution in [3.63, 3.8) is 0 Å². The van der Waals surface area contributed by atoms with E-state index in [4.69, 9.17) is 23.6 Å². The van der Waals surface area contributed by atoms with Crippen molar-refractivity contribution < 1.29 is 14.3 Å². The number of rotatable bonds is 2. The number of nitrogens with zero attached hydrogens (tertiary/aromatic N) is 5. The quantitative estimate of drug-likeness (QED) is 0.438. The number of amides is 2. The SMILES string of the molecule is NC(=O)OC(=O)N(N=NCl)N=NCl. The fourth-order valence-electron chi connectivity index (χ4n) is 0.282. The lowest BCUT2D eigenvalue weighted by Gasteiger charge is -2.03. The van der Waals surface area contributed by atoms with Crippen molar-refractivity contribution in [2.24, 2.45) is 25.4 Å². The van der Waals surface area contributed by atoms with E-state index in [0.717, 1.165) is 0 Å². The van der Waals surface area contributed by atoms with E-state index >= 15 is 0 Å². The highest BCUT2D eigenvalue weighted by atomic mass is 35.5. The molecule has 0 saturated carbocycles. The van der Waals surface area contributed by atoms with E-state index in [1.165, 1.54) is 0 Å². The van der Waals surface area contributed by atoms with E-state index < -0.39 is 12.2 Å². The molecule has 72 valence electrons. The second-order valence-corrected chi connectivity index (χ2v) is 1.61. The summed E-state index contributed by atoms with van der Waals surface area (Å²) in [6.45, 7) is 0. The molecule has 0 aromatic rings. The van der Waals surface area contributed by atoms with Gasteiger partial charge in [-0.1, -0.05) is 9.27 Å². The lowest BCUT2D eigenvalue weighted by atomic mass is 11.1. The van der Waals surface area contributed by atoms with Crippen LogP contribution in [0.5, 0.6) is 0 Å². The van der Waals surface area contributed by atoms with Crippen LogP contribution in [0.1, 0.15) is 0 Å².